The van der Waals surface area contributed by atoms with Gasteiger partial charge in [-0.15, -0.1) is 0 Å². The van der Waals surface area contributed by atoms with Crippen molar-refractivity contribution >= 4 is 0 Å². The van der Waals surface area contributed by atoms with Gasteiger partial charge in [-0.3, -0.25) is 0 Å². The lowest BCUT2D eigenvalue weighted by atomic mass is 9.74. The van der Waals surface area contributed by atoms with Crippen molar-refractivity contribution < 1.29 is 0 Å². The van der Waals surface area contributed by atoms with Gasteiger partial charge in [-0.2, -0.15) is 0 Å². The van der Waals surface area contributed by atoms with Crippen LogP contribution in [0.1, 0.15) is 44.7 Å². The Morgan fingerprint density at radius 2 is 1.76 bits per heavy atom. The van der Waals surface area contributed by atoms with E-state index in [1.54, 1.807) is 5.57 Å². The molecule has 0 spiro atoms. The minimum Gasteiger partial charge on any atom is -0.0730 e. The summed E-state index contributed by atoms with van der Waals surface area (Å²) in [5, 5.41) is 0. The van der Waals surface area contributed by atoms with E-state index in [0.717, 1.165) is 0 Å². The second kappa shape index (κ2) is 4.52. The summed E-state index contributed by atoms with van der Waals surface area (Å²) in [5.74, 6) is 0. The van der Waals surface area contributed by atoms with Gasteiger partial charge >= 0.3 is 0 Å². The highest BCUT2D eigenvalue weighted by Crippen LogP contribution is 2.36. The molecule has 0 amide bonds. The van der Waals surface area contributed by atoms with Gasteiger partial charge in [0.2, 0.25) is 0 Å². The van der Waals surface area contributed by atoms with Crippen LogP contribution in [-0.2, 0) is 5.41 Å². The smallest absolute Gasteiger partial charge is 0.0108 e. The topological polar surface area (TPSA) is 0 Å². The quantitative estimate of drug-likeness (QED) is 0.670. The molecule has 0 saturated carbocycles. The first-order valence-corrected chi connectivity index (χ1v) is 6.44. The highest BCUT2D eigenvalue weighted by molar-refractivity contribution is 5.40. The maximum absolute atomic E-state index is 2.34. The molecule has 0 heterocycles. The zero-order chi connectivity index (χ0) is 12.5. The molecule has 17 heavy (non-hydrogen) atoms. The summed E-state index contributed by atoms with van der Waals surface area (Å²) < 4.78 is 0. The van der Waals surface area contributed by atoms with Crippen molar-refractivity contribution in [3.8, 4) is 0 Å². The van der Waals surface area contributed by atoms with Gasteiger partial charge in [0.15, 0.2) is 0 Å². The van der Waals surface area contributed by atoms with Crippen molar-refractivity contribution in [2.75, 3.05) is 0 Å². The molecule has 2 rings (SSSR count). The molecule has 0 heteroatoms. The average Bonchev–Trinajstić information content (AvgIpc) is 2.29. The van der Waals surface area contributed by atoms with Gasteiger partial charge in [0.05, 0.1) is 0 Å². The van der Waals surface area contributed by atoms with Crippen LogP contribution in [-0.4, -0.2) is 0 Å². The SMILES string of the molecule is CC1=CC=C(C(C)(C)c2cccc(C)c2)CC1. The normalized spacial score (nSPS) is 16.5. The molecule has 0 radical (unpaired) electrons. The second-order valence-corrected chi connectivity index (χ2v) is 5.70. The molecule has 0 aromatic heterocycles. The molecule has 0 bridgehead atoms. The molecule has 0 saturated heterocycles. The Balaban J connectivity index is 2.36. The summed E-state index contributed by atoms with van der Waals surface area (Å²) in [5.41, 5.74) is 5.97. The summed E-state index contributed by atoms with van der Waals surface area (Å²) in [7, 11) is 0. The van der Waals surface area contributed by atoms with Crippen molar-refractivity contribution in [3.05, 3.63) is 58.7 Å². The highest BCUT2D eigenvalue weighted by atomic mass is 14.3. The number of hydrogen-bond acceptors (Lipinski definition) is 0. The Labute approximate surface area is 105 Å². The molecule has 0 atom stereocenters. The van der Waals surface area contributed by atoms with Crippen LogP contribution >= 0.6 is 0 Å². The van der Waals surface area contributed by atoms with Crippen LogP contribution in [0, 0.1) is 6.92 Å². The van der Waals surface area contributed by atoms with Gasteiger partial charge in [0, 0.05) is 5.41 Å². The molecule has 0 aliphatic heterocycles. The number of allylic oxidation sites excluding steroid dienone is 4. The fourth-order valence-electron chi connectivity index (χ4n) is 2.48. The van der Waals surface area contributed by atoms with Crippen LogP contribution in [0.2, 0.25) is 0 Å². The van der Waals surface area contributed by atoms with Crippen LogP contribution in [0.3, 0.4) is 0 Å². The highest BCUT2D eigenvalue weighted by Gasteiger charge is 2.25. The minimum atomic E-state index is 0.156. The van der Waals surface area contributed by atoms with Crippen molar-refractivity contribution in [1.82, 2.24) is 0 Å². The largest absolute Gasteiger partial charge is 0.0730 e. The molecular weight excluding hydrogens is 204 g/mol. The van der Waals surface area contributed by atoms with E-state index in [2.05, 4.69) is 64.1 Å². The third kappa shape index (κ3) is 2.52. The second-order valence-electron chi connectivity index (χ2n) is 5.70. The van der Waals surface area contributed by atoms with E-state index in [1.807, 2.05) is 0 Å². The van der Waals surface area contributed by atoms with Crippen molar-refractivity contribution in [2.45, 2.75) is 46.0 Å². The maximum atomic E-state index is 2.34. The van der Waals surface area contributed by atoms with Gasteiger partial charge in [-0.25, -0.2) is 0 Å². The van der Waals surface area contributed by atoms with E-state index in [0.29, 0.717) is 0 Å². The van der Waals surface area contributed by atoms with Crippen LogP contribution in [0.4, 0.5) is 0 Å². The Hall–Kier alpha value is -1.30. The van der Waals surface area contributed by atoms with Crippen molar-refractivity contribution in [2.24, 2.45) is 0 Å². The van der Waals surface area contributed by atoms with E-state index >= 15 is 0 Å². The first kappa shape index (κ1) is 12.2. The van der Waals surface area contributed by atoms with Gasteiger partial charge in [-0.1, -0.05) is 67.0 Å². The summed E-state index contributed by atoms with van der Waals surface area (Å²) in [4.78, 5) is 0. The monoisotopic (exact) mass is 226 g/mol. The molecule has 0 fully saturated rings. The van der Waals surface area contributed by atoms with E-state index in [9.17, 15) is 0 Å². The van der Waals surface area contributed by atoms with E-state index in [1.165, 1.54) is 29.5 Å². The lowest BCUT2D eigenvalue weighted by Gasteiger charge is -2.31. The van der Waals surface area contributed by atoms with Gasteiger partial charge < -0.3 is 0 Å². The molecule has 1 aromatic carbocycles. The summed E-state index contributed by atoms with van der Waals surface area (Å²) in [6.45, 7) is 9.05. The molecule has 0 N–H and O–H groups in total. The molecule has 0 unspecified atom stereocenters. The Morgan fingerprint density at radius 3 is 2.35 bits per heavy atom. The zero-order valence-corrected chi connectivity index (χ0v) is 11.4. The number of aryl methyl sites for hydroxylation is 1. The first-order valence-electron chi connectivity index (χ1n) is 6.44. The average molecular weight is 226 g/mol. The van der Waals surface area contributed by atoms with Crippen molar-refractivity contribution in [3.63, 3.8) is 0 Å². The summed E-state index contributed by atoms with van der Waals surface area (Å²) in [6.07, 6.45) is 7.00. The molecule has 0 nitrogen and oxygen atoms in total. The van der Waals surface area contributed by atoms with Crippen molar-refractivity contribution in [1.29, 1.82) is 0 Å². The van der Waals surface area contributed by atoms with Gasteiger partial charge in [-0.05, 0) is 32.3 Å². The predicted molar refractivity (Wildman–Crippen MR) is 75.3 cm³/mol. The number of benzene rings is 1. The number of rotatable bonds is 2. The summed E-state index contributed by atoms with van der Waals surface area (Å²) >= 11 is 0. The Bertz CT molecular complexity index is 473. The fourth-order valence-corrected chi connectivity index (χ4v) is 2.48. The molecule has 90 valence electrons. The van der Waals surface area contributed by atoms with E-state index in [4.69, 9.17) is 0 Å². The first-order chi connectivity index (χ1) is 8.00. The summed E-state index contributed by atoms with van der Waals surface area (Å²) in [6, 6.07) is 8.89. The third-order valence-electron chi connectivity index (χ3n) is 3.90. The van der Waals surface area contributed by atoms with Gasteiger partial charge in [0.25, 0.3) is 0 Å². The Kier molecular flexibility index (Phi) is 3.24. The lowest BCUT2D eigenvalue weighted by molar-refractivity contribution is 0.586. The van der Waals surface area contributed by atoms with E-state index < -0.39 is 0 Å². The van der Waals surface area contributed by atoms with Crippen LogP contribution in [0.15, 0.2) is 47.6 Å². The van der Waals surface area contributed by atoms with Crippen LogP contribution in [0.5, 0.6) is 0 Å². The predicted octanol–water partition coefficient (Wildman–Crippen LogP) is 4.94. The Morgan fingerprint density at radius 1 is 1.00 bits per heavy atom. The number of hydrogen-bond donors (Lipinski definition) is 0. The minimum absolute atomic E-state index is 0.156. The lowest BCUT2D eigenvalue weighted by Crippen LogP contribution is -2.21. The third-order valence-corrected chi connectivity index (χ3v) is 3.90. The van der Waals surface area contributed by atoms with Crippen LogP contribution < -0.4 is 0 Å². The van der Waals surface area contributed by atoms with Gasteiger partial charge in [0.1, 0.15) is 0 Å². The molecule has 1 aliphatic rings. The fraction of sp³-hybridized carbons (Fsp3) is 0.412. The molecule has 1 aliphatic carbocycles. The maximum Gasteiger partial charge on any atom is 0.0108 e. The standard InChI is InChI=1S/C17H22/c1-13-8-10-15(11-9-13)17(3,4)16-7-5-6-14(2)12-16/h5-8,10,12H,9,11H2,1-4H3. The zero-order valence-electron chi connectivity index (χ0n) is 11.4. The van der Waals surface area contributed by atoms with Crippen LogP contribution in [0.25, 0.3) is 0 Å². The van der Waals surface area contributed by atoms with E-state index in [-0.39, 0.29) is 5.41 Å². The molecular formula is C17H22. The molecule has 1 aromatic rings.